The minimum Gasteiger partial charge on any atom is -0.335 e. The zero-order valence-corrected chi connectivity index (χ0v) is 12.9. The van der Waals surface area contributed by atoms with Crippen molar-refractivity contribution in [1.29, 1.82) is 0 Å². The molecule has 3 heteroatoms. The van der Waals surface area contributed by atoms with E-state index in [4.69, 9.17) is 0 Å². The van der Waals surface area contributed by atoms with Crippen LogP contribution in [-0.2, 0) is 11.3 Å². The normalized spacial score (nSPS) is 15.9. The van der Waals surface area contributed by atoms with Crippen molar-refractivity contribution >= 4 is 5.91 Å². The van der Waals surface area contributed by atoms with E-state index in [9.17, 15) is 4.79 Å². The van der Waals surface area contributed by atoms with Gasteiger partial charge in [0.25, 0.3) is 0 Å². The lowest BCUT2D eigenvalue weighted by Crippen LogP contribution is -2.37. The zero-order valence-electron chi connectivity index (χ0n) is 12.9. The number of amides is 1. The van der Waals surface area contributed by atoms with Crippen LogP contribution in [0.1, 0.15) is 44.2 Å². The van der Waals surface area contributed by atoms with E-state index in [-0.39, 0.29) is 11.9 Å². The summed E-state index contributed by atoms with van der Waals surface area (Å²) in [5, 5.41) is 3.31. The number of hydrogen-bond donors (Lipinski definition) is 1. The molecule has 0 aliphatic heterocycles. The zero-order chi connectivity index (χ0) is 14.5. The molecule has 0 heterocycles. The van der Waals surface area contributed by atoms with Gasteiger partial charge >= 0.3 is 0 Å². The Hall–Kier alpha value is -1.35. The molecule has 1 aromatic rings. The van der Waals surface area contributed by atoms with Crippen LogP contribution in [0.3, 0.4) is 0 Å². The van der Waals surface area contributed by atoms with Gasteiger partial charge in [-0.25, -0.2) is 0 Å². The predicted octanol–water partition coefficient (Wildman–Crippen LogP) is 2.87. The molecule has 1 aliphatic rings. The van der Waals surface area contributed by atoms with Crippen molar-refractivity contribution in [3.63, 3.8) is 0 Å². The minimum absolute atomic E-state index is 0.256. The topological polar surface area (TPSA) is 32.3 Å². The maximum atomic E-state index is 12.5. The van der Waals surface area contributed by atoms with E-state index in [1.165, 1.54) is 11.1 Å². The Balaban J connectivity index is 1.96. The van der Waals surface area contributed by atoms with E-state index in [1.807, 2.05) is 0 Å². The third kappa shape index (κ3) is 4.34. The van der Waals surface area contributed by atoms with Crippen LogP contribution in [0.25, 0.3) is 0 Å². The van der Waals surface area contributed by atoms with Crippen molar-refractivity contribution in [2.75, 3.05) is 6.54 Å². The summed E-state index contributed by atoms with van der Waals surface area (Å²) in [6.45, 7) is 7.91. The molecule has 0 aromatic heterocycles. The number of rotatable bonds is 7. The Morgan fingerprint density at radius 2 is 2.00 bits per heavy atom. The van der Waals surface area contributed by atoms with Gasteiger partial charge in [0.05, 0.1) is 0 Å². The lowest BCUT2D eigenvalue weighted by Gasteiger charge is -2.24. The number of carbonyl (C=O) groups is 1. The lowest BCUT2D eigenvalue weighted by atomic mass is 10.1. The number of benzene rings is 1. The monoisotopic (exact) mass is 274 g/mol. The van der Waals surface area contributed by atoms with E-state index in [0.29, 0.717) is 12.5 Å². The molecule has 1 amide bonds. The second-order valence-electron chi connectivity index (χ2n) is 5.90. The standard InChI is InChI=1S/C17H26N2O/c1-4-18-14(3)11-17(20)19(16-9-10-16)12-15-7-5-13(2)6-8-15/h5-8,14,16,18H,4,9-12H2,1-3H3. The van der Waals surface area contributed by atoms with Crippen LogP contribution in [0, 0.1) is 6.92 Å². The third-order valence-corrected chi connectivity index (χ3v) is 3.81. The van der Waals surface area contributed by atoms with Gasteiger partial charge in [0.1, 0.15) is 0 Å². The maximum absolute atomic E-state index is 12.5. The van der Waals surface area contributed by atoms with Crippen LogP contribution in [0.2, 0.25) is 0 Å². The number of nitrogens with zero attached hydrogens (tertiary/aromatic N) is 1. The molecule has 0 spiro atoms. The molecular formula is C17H26N2O. The van der Waals surface area contributed by atoms with Crippen molar-refractivity contribution in [2.24, 2.45) is 0 Å². The van der Waals surface area contributed by atoms with Crippen LogP contribution < -0.4 is 5.32 Å². The second-order valence-corrected chi connectivity index (χ2v) is 5.90. The first-order chi connectivity index (χ1) is 9.60. The molecule has 1 aromatic carbocycles. The number of hydrogen-bond acceptors (Lipinski definition) is 2. The van der Waals surface area contributed by atoms with Gasteiger partial charge in [-0.15, -0.1) is 0 Å². The fourth-order valence-corrected chi connectivity index (χ4v) is 2.50. The lowest BCUT2D eigenvalue weighted by molar-refractivity contribution is -0.132. The Morgan fingerprint density at radius 3 is 2.55 bits per heavy atom. The molecular weight excluding hydrogens is 248 g/mol. The van der Waals surface area contributed by atoms with Gasteiger partial charge in [-0.05, 0) is 38.8 Å². The Kier molecular flexibility index (Phi) is 5.18. The maximum Gasteiger partial charge on any atom is 0.224 e. The van der Waals surface area contributed by atoms with Gasteiger partial charge < -0.3 is 10.2 Å². The summed E-state index contributed by atoms with van der Waals surface area (Å²) < 4.78 is 0. The van der Waals surface area contributed by atoms with E-state index in [1.54, 1.807) is 0 Å². The Bertz CT molecular complexity index is 437. The minimum atomic E-state index is 0.256. The summed E-state index contributed by atoms with van der Waals surface area (Å²) in [7, 11) is 0. The Labute approximate surface area is 122 Å². The highest BCUT2D eigenvalue weighted by atomic mass is 16.2. The molecule has 20 heavy (non-hydrogen) atoms. The SMILES string of the molecule is CCNC(C)CC(=O)N(Cc1ccc(C)cc1)C1CC1. The highest BCUT2D eigenvalue weighted by Crippen LogP contribution is 2.29. The van der Waals surface area contributed by atoms with Crippen molar-refractivity contribution in [3.05, 3.63) is 35.4 Å². The molecule has 3 nitrogen and oxygen atoms in total. The fourth-order valence-electron chi connectivity index (χ4n) is 2.50. The first-order valence-electron chi connectivity index (χ1n) is 7.68. The first-order valence-corrected chi connectivity index (χ1v) is 7.68. The highest BCUT2D eigenvalue weighted by molar-refractivity contribution is 5.77. The summed E-state index contributed by atoms with van der Waals surface area (Å²) in [4.78, 5) is 14.5. The second kappa shape index (κ2) is 6.89. The smallest absolute Gasteiger partial charge is 0.224 e. The van der Waals surface area contributed by atoms with Crippen LogP contribution >= 0.6 is 0 Å². The molecule has 1 N–H and O–H groups in total. The average molecular weight is 274 g/mol. The van der Waals surface area contributed by atoms with E-state index >= 15 is 0 Å². The molecule has 0 saturated heterocycles. The molecule has 2 rings (SSSR count). The van der Waals surface area contributed by atoms with Gasteiger partial charge in [-0.1, -0.05) is 36.8 Å². The van der Waals surface area contributed by atoms with Crippen LogP contribution in [-0.4, -0.2) is 29.4 Å². The van der Waals surface area contributed by atoms with Crippen LogP contribution in [0.5, 0.6) is 0 Å². The summed E-state index contributed by atoms with van der Waals surface area (Å²) >= 11 is 0. The number of carbonyl (C=O) groups excluding carboxylic acids is 1. The van der Waals surface area contributed by atoms with E-state index in [0.717, 1.165) is 25.9 Å². The van der Waals surface area contributed by atoms with Crippen molar-refractivity contribution in [3.8, 4) is 0 Å². The van der Waals surface area contributed by atoms with E-state index < -0.39 is 0 Å². The number of aryl methyl sites for hydroxylation is 1. The molecule has 1 fully saturated rings. The molecule has 0 bridgehead atoms. The molecule has 1 aliphatic carbocycles. The van der Waals surface area contributed by atoms with E-state index in [2.05, 4.69) is 55.3 Å². The van der Waals surface area contributed by atoms with Crippen LogP contribution in [0.4, 0.5) is 0 Å². The first kappa shape index (κ1) is 15.0. The van der Waals surface area contributed by atoms with Gasteiger partial charge in [0, 0.05) is 25.0 Å². The van der Waals surface area contributed by atoms with Crippen LogP contribution in [0.15, 0.2) is 24.3 Å². The van der Waals surface area contributed by atoms with Gasteiger partial charge in [0.2, 0.25) is 5.91 Å². The Morgan fingerprint density at radius 1 is 1.35 bits per heavy atom. The third-order valence-electron chi connectivity index (χ3n) is 3.81. The summed E-state index contributed by atoms with van der Waals surface area (Å²) in [5.41, 5.74) is 2.49. The van der Waals surface area contributed by atoms with Crippen molar-refractivity contribution < 1.29 is 4.79 Å². The largest absolute Gasteiger partial charge is 0.335 e. The molecule has 1 atom stereocenters. The molecule has 110 valence electrons. The van der Waals surface area contributed by atoms with Gasteiger partial charge in [0.15, 0.2) is 0 Å². The molecule has 1 saturated carbocycles. The number of nitrogens with one attached hydrogen (secondary N) is 1. The molecule has 0 radical (unpaired) electrons. The van der Waals surface area contributed by atoms with Crippen molar-refractivity contribution in [1.82, 2.24) is 10.2 Å². The summed E-state index contributed by atoms with van der Waals surface area (Å²) in [6, 6.07) is 9.22. The summed E-state index contributed by atoms with van der Waals surface area (Å²) in [6.07, 6.45) is 2.91. The summed E-state index contributed by atoms with van der Waals surface area (Å²) in [5.74, 6) is 0.279. The fraction of sp³-hybridized carbons (Fsp3) is 0.588. The predicted molar refractivity (Wildman–Crippen MR) is 82.5 cm³/mol. The highest BCUT2D eigenvalue weighted by Gasteiger charge is 2.32. The molecule has 1 unspecified atom stereocenters. The van der Waals surface area contributed by atoms with Gasteiger partial charge in [-0.3, -0.25) is 4.79 Å². The quantitative estimate of drug-likeness (QED) is 0.829. The van der Waals surface area contributed by atoms with Crippen molar-refractivity contribution in [2.45, 2.75) is 58.7 Å². The van der Waals surface area contributed by atoms with Gasteiger partial charge in [-0.2, -0.15) is 0 Å². The average Bonchev–Trinajstić information content (AvgIpc) is 3.22.